The van der Waals surface area contributed by atoms with Gasteiger partial charge in [0.15, 0.2) is 0 Å². The van der Waals surface area contributed by atoms with Gasteiger partial charge in [-0.25, -0.2) is 4.39 Å². The number of rotatable bonds is 7. The van der Waals surface area contributed by atoms with Gasteiger partial charge in [-0.2, -0.15) is 0 Å². The summed E-state index contributed by atoms with van der Waals surface area (Å²) in [6, 6.07) is 5.22. The molecule has 0 radical (unpaired) electrons. The van der Waals surface area contributed by atoms with Gasteiger partial charge in [-0.1, -0.05) is 30.6 Å². The van der Waals surface area contributed by atoms with E-state index < -0.39 is 0 Å². The lowest BCUT2D eigenvalue weighted by atomic mass is 9.88. The van der Waals surface area contributed by atoms with Crippen molar-refractivity contribution in [1.82, 2.24) is 5.32 Å². The first-order chi connectivity index (χ1) is 11.7. The molecule has 1 aliphatic heterocycles. The van der Waals surface area contributed by atoms with Gasteiger partial charge in [-0.15, -0.1) is 0 Å². The molecule has 4 nitrogen and oxygen atoms in total. The van der Waals surface area contributed by atoms with Gasteiger partial charge in [-0.05, 0) is 67.5 Å². The van der Waals surface area contributed by atoms with Crippen molar-refractivity contribution in [3.63, 3.8) is 0 Å². The predicted molar refractivity (Wildman–Crippen MR) is 95.8 cm³/mol. The fourth-order valence-electron chi connectivity index (χ4n) is 3.26. The van der Waals surface area contributed by atoms with E-state index >= 15 is 0 Å². The average Bonchev–Trinajstić information content (AvgIpc) is 2.60. The molecule has 0 atom stereocenters. The molecular weight excluding hydrogens is 305 g/mol. The highest BCUT2D eigenvalue weighted by molar-refractivity contribution is 5.79. The number of oxime groups is 1. The Hall–Kier alpha value is -1.88. The van der Waals surface area contributed by atoms with Crippen molar-refractivity contribution in [2.75, 3.05) is 13.1 Å². The molecule has 0 spiro atoms. The molecule has 1 saturated heterocycles. The minimum absolute atomic E-state index is 0.148. The minimum atomic E-state index is -0.148. The molecule has 1 aromatic rings. The highest BCUT2D eigenvalue weighted by Crippen LogP contribution is 2.24. The van der Waals surface area contributed by atoms with Crippen LogP contribution < -0.4 is 11.1 Å². The molecule has 0 aliphatic carbocycles. The van der Waals surface area contributed by atoms with Crippen LogP contribution in [0.1, 0.15) is 43.7 Å². The van der Waals surface area contributed by atoms with Crippen molar-refractivity contribution < 1.29 is 9.60 Å². The lowest BCUT2D eigenvalue weighted by Gasteiger charge is -2.24. The van der Waals surface area contributed by atoms with Crippen LogP contribution in [0.5, 0.6) is 0 Å². The third-order valence-corrected chi connectivity index (χ3v) is 4.65. The van der Waals surface area contributed by atoms with Gasteiger partial charge in [0.25, 0.3) is 0 Å². The van der Waals surface area contributed by atoms with Gasteiger partial charge in [0.2, 0.25) is 0 Å². The number of unbranched alkanes of at least 4 members (excludes halogenated alkanes) is 1. The summed E-state index contributed by atoms with van der Waals surface area (Å²) < 4.78 is 13.9. The van der Waals surface area contributed by atoms with Crippen LogP contribution in [-0.4, -0.2) is 24.5 Å². The van der Waals surface area contributed by atoms with E-state index in [0.717, 1.165) is 61.9 Å². The van der Waals surface area contributed by atoms with Gasteiger partial charge >= 0.3 is 0 Å². The zero-order valence-electron chi connectivity index (χ0n) is 14.4. The predicted octanol–water partition coefficient (Wildman–Crippen LogP) is 3.38. The Morgan fingerprint density at radius 3 is 2.83 bits per heavy atom. The molecular formula is C19H28FN3O. The van der Waals surface area contributed by atoms with Gasteiger partial charge in [0.05, 0.1) is 6.21 Å². The number of hydrogen-bond donors (Lipinski definition) is 3. The molecule has 1 fully saturated rings. The topological polar surface area (TPSA) is 70.6 Å². The Kier molecular flexibility index (Phi) is 7.25. The Morgan fingerprint density at radius 1 is 1.42 bits per heavy atom. The lowest BCUT2D eigenvalue weighted by Crippen LogP contribution is -2.30. The van der Waals surface area contributed by atoms with E-state index in [0.29, 0.717) is 18.0 Å². The number of aryl methyl sites for hydroxylation is 1. The normalized spacial score (nSPS) is 17.2. The zero-order chi connectivity index (χ0) is 17.4. The molecule has 1 aromatic carbocycles. The molecule has 1 aliphatic rings. The number of nitrogens with one attached hydrogen (secondary N) is 1. The van der Waals surface area contributed by atoms with Gasteiger partial charge in [-0.3, -0.25) is 0 Å². The van der Waals surface area contributed by atoms with Crippen LogP contribution in [-0.2, 0) is 12.8 Å². The van der Waals surface area contributed by atoms with E-state index in [1.165, 1.54) is 12.3 Å². The second-order valence-corrected chi connectivity index (χ2v) is 6.46. The molecule has 5 heteroatoms. The first-order valence-electron chi connectivity index (χ1n) is 8.79. The van der Waals surface area contributed by atoms with E-state index in [2.05, 4.69) is 17.4 Å². The van der Waals surface area contributed by atoms with Gasteiger partial charge < -0.3 is 16.3 Å². The summed E-state index contributed by atoms with van der Waals surface area (Å²) in [5.41, 5.74) is 9.67. The molecule has 0 aromatic heterocycles. The molecule has 0 bridgehead atoms. The average molecular weight is 333 g/mol. The number of nitrogens with two attached hydrogens (primary N) is 1. The Balaban J connectivity index is 2.19. The Morgan fingerprint density at radius 2 is 2.17 bits per heavy atom. The number of nitrogens with zero attached hydrogens (tertiary/aromatic N) is 1. The highest BCUT2D eigenvalue weighted by Gasteiger charge is 2.19. The fraction of sp³-hybridized carbons (Fsp3) is 0.526. The van der Waals surface area contributed by atoms with E-state index in [4.69, 9.17) is 10.9 Å². The summed E-state index contributed by atoms with van der Waals surface area (Å²) in [5.74, 6) is 0.160. The smallest absolute Gasteiger partial charge is 0.126 e. The molecule has 4 N–H and O–H groups in total. The third kappa shape index (κ3) is 5.06. The number of allylic oxidation sites excluding steroid dienone is 2. The van der Waals surface area contributed by atoms with E-state index in [-0.39, 0.29) is 5.82 Å². The quantitative estimate of drug-likeness (QED) is 0.407. The molecule has 0 saturated carbocycles. The van der Waals surface area contributed by atoms with Crippen LogP contribution in [0.4, 0.5) is 4.39 Å². The maximum Gasteiger partial charge on any atom is 0.126 e. The summed E-state index contributed by atoms with van der Waals surface area (Å²) in [6.07, 6.45) is 6.73. The van der Waals surface area contributed by atoms with Crippen molar-refractivity contribution >= 4 is 6.21 Å². The monoisotopic (exact) mass is 333 g/mol. The summed E-state index contributed by atoms with van der Waals surface area (Å²) >= 11 is 0. The van der Waals surface area contributed by atoms with Crippen LogP contribution in [0.25, 0.3) is 0 Å². The molecule has 24 heavy (non-hydrogen) atoms. The van der Waals surface area contributed by atoms with E-state index in [1.807, 2.05) is 6.07 Å². The summed E-state index contributed by atoms with van der Waals surface area (Å²) in [5, 5.41) is 15.5. The van der Waals surface area contributed by atoms with Crippen LogP contribution in [0.2, 0.25) is 0 Å². The van der Waals surface area contributed by atoms with E-state index in [9.17, 15) is 4.39 Å². The van der Waals surface area contributed by atoms with Crippen molar-refractivity contribution in [2.24, 2.45) is 16.8 Å². The Labute approximate surface area is 143 Å². The van der Waals surface area contributed by atoms with Crippen LogP contribution >= 0.6 is 0 Å². The fourth-order valence-corrected chi connectivity index (χ4v) is 3.26. The summed E-state index contributed by atoms with van der Waals surface area (Å²) in [7, 11) is 0. The Bertz CT molecular complexity index is 592. The number of benzene rings is 1. The number of hydrogen-bond acceptors (Lipinski definition) is 4. The molecule has 0 unspecified atom stereocenters. The second-order valence-electron chi connectivity index (χ2n) is 6.46. The van der Waals surface area contributed by atoms with Gasteiger partial charge in [0.1, 0.15) is 5.82 Å². The first kappa shape index (κ1) is 18.5. The molecule has 0 amide bonds. The summed E-state index contributed by atoms with van der Waals surface area (Å²) in [6.45, 7) is 3.98. The second kappa shape index (κ2) is 9.42. The van der Waals surface area contributed by atoms with Gasteiger partial charge in [0, 0.05) is 12.1 Å². The minimum Gasteiger partial charge on any atom is -0.411 e. The molecule has 2 rings (SSSR count). The number of halogens is 1. The van der Waals surface area contributed by atoms with Crippen molar-refractivity contribution in [3.05, 3.63) is 46.4 Å². The van der Waals surface area contributed by atoms with Crippen molar-refractivity contribution in [3.8, 4) is 0 Å². The van der Waals surface area contributed by atoms with Crippen LogP contribution in [0, 0.1) is 11.7 Å². The lowest BCUT2D eigenvalue weighted by molar-refractivity contribution is 0.320. The standard InChI is InChI=1S/C19H28FN3O/c1-2-3-4-16-11-14(5-6-18(16)20)12-19(21)17(13-23-24)15-7-9-22-10-8-15/h5-6,11,13,15,22,24H,2-4,7-10,12,21H2,1H3/b19-17+,23-13+. The van der Waals surface area contributed by atoms with Crippen molar-refractivity contribution in [2.45, 2.75) is 45.4 Å². The largest absolute Gasteiger partial charge is 0.411 e. The highest BCUT2D eigenvalue weighted by atomic mass is 19.1. The molecule has 1 heterocycles. The van der Waals surface area contributed by atoms with Crippen molar-refractivity contribution in [1.29, 1.82) is 0 Å². The SMILES string of the molecule is CCCCc1cc(C/C(N)=C(/C=N/O)C2CCNCC2)ccc1F. The molecule has 132 valence electrons. The maximum atomic E-state index is 13.9. The third-order valence-electron chi connectivity index (χ3n) is 4.65. The zero-order valence-corrected chi connectivity index (χ0v) is 14.4. The van der Waals surface area contributed by atoms with Crippen LogP contribution in [0.15, 0.2) is 34.6 Å². The first-order valence-corrected chi connectivity index (χ1v) is 8.79. The van der Waals surface area contributed by atoms with E-state index in [1.54, 1.807) is 6.07 Å². The number of piperidine rings is 1. The summed E-state index contributed by atoms with van der Waals surface area (Å²) in [4.78, 5) is 0. The van der Waals surface area contributed by atoms with Crippen LogP contribution in [0.3, 0.4) is 0 Å². The maximum absolute atomic E-state index is 13.9.